The molecule has 1 amide bonds. The minimum absolute atomic E-state index is 0.108. The Labute approximate surface area is 92.8 Å². The molecule has 0 spiro atoms. The number of rotatable bonds is 6. The zero-order valence-corrected chi connectivity index (χ0v) is 8.73. The van der Waals surface area contributed by atoms with Gasteiger partial charge in [0.2, 0.25) is 5.91 Å². The Morgan fingerprint density at radius 1 is 1.56 bits per heavy atom. The Morgan fingerprint density at radius 3 is 2.81 bits per heavy atom. The van der Waals surface area contributed by atoms with Gasteiger partial charge in [0.15, 0.2) is 0 Å². The first-order chi connectivity index (χ1) is 7.63. The summed E-state index contributed by atoms with van der Waals surface area (Å²) >= 11 is 0. The molecule has 0 saturated carbocycles. The van der Waals surface area contributed by atoms with Gasteiger partial charge in [0, 0.05) is 25.4 Å². The molecule has 6 nitrogen and oxygen atoms in total. The van der Waals surface area contributed by atoms with Gasteiger partial charge in [-0.15, -0.1) is 0 Å². The molecule has 0 fully saturated rings. The van der Waals surface area contributed by atoms with Crippen molar-refractivity contribution in [2.24, 2.45) is 5.73 Å². The van der Waals surface area contributed by atoms with Gasteiger partial charge in [-0.3, -0.25) is 4.79 Å². The molecule has 1 aromatic heterocycles. The van der Waals surface area contributed by atoms with E-state index in [-0.39, 0.29) is 25.3 Å². The maximum Gasteiger partial charge on any atom is 0.221 e. The smallest absolute Gasteiger partial charge is 0.221 e. The van der Waals surface area contributed by atoms with E-state index in [1.165, 1.54) is 0 Å². The van der Waals surface area contributed by atoms with E-state index in [0.717, 1.165) is 5.56 Å². The van der Waals surface area contributed by atoms with Gasteiger partial charge in [0.1, 0.15) is 0 Å². The summed E-state index contributed by atoms with van der Waals surface area (Å²) in [7, 11) is 0. The third kappa shape index (κ3) is 3.74. The summed E-state index contributed by atoms with van der Waals surface area (Å²) in [6.07, 6.45) is 3.66. The number of aromatic amines is 1. The number of hydrogen-bond acceptors (Lipinski definition) is 4. The molecule has 0 aliphatic rings. The summed E-state index contributed by atoms with van der Waals surface area (Å²) in [5.74, 6) is -1.68. The van der Waals surface area contributed by atoms with Crippen LogP contribution in [0, 0.1) is 0 Å². The van der Waals surface area contributed by atoms with Crippen molar-refractivity contribution in [3.8, 4) is 0 Å². The van der Waals surface area contributed by atoms with Crippen molar-refractivity contribution in [1.82, 2.24) is 10.3 Å². The Hall–Kier alpha value is -1.82. The van der Waals surface area contributed by atoms with Gasteiger partial charge in [0.05, 0.1) is 12.0 Å². The van der Waals surface area contributed by atoms with Crippen LogP contribution in [0.15, 0.2) is 18.5 Å². The lowest BCUT2D eigenvalue weighted by molar-refractivity contribution is -0.308. The van der Waals surface area contributed by atoms with E-state index in [2.05, 4.69) is 10.3 Å². The summed E-state index contributed by atoms with van der Waals surface area (Å²) < 4.78 is 0. The summed E-state index contributed by atoms with van der Waals surface area (Å²) in [5.41, 5.74) is 5.98. The zero-order valence-electron chi connectivity index (χ0n) is 8.73. The Kier molecular flexibility index (Phi) is 4.53. The molecule has 16 heavy (non-hydrogen) atoms. The molecule has 0 radical (unpaired) electrons. The van der Waals surface area contributed by atoms with Gasteiger partial charge in [-0.2, -0.15) is 0 Å². The quantitative estimate of drug-likeness (QED) is 0.526. The Bertz CT molecular complexity index is 348. The molecule has 88 valence electrons. The molecule has 1 atom stereocenters. The normalized spacial score (nSPS) is 12.1. The first kappa shape index (κ1) is 12.3. The molecular weight excluding hydrogens is 210 g/mol. The fraction of sp³-hybridized carbons (Fsp3) is 0.400. The van der Waals surface area contributed by atoms with E-state index in [1.807, 2.05) is 0 Å². The zero-order chi connectivity index (χ0) is 12.0. The number of carboxylic acids is 1. The maximum atomic E-state index is 11.2. The highest BCUT2D eigenvalue weighted by molar-refractivity contribution is 5.82. The fourth-order valence-electron chi connectivity index (χ4n) is 1.31. The number of aromatic nitrogens is 1. The van der Waals surface area contributed by atoms with Crippen LogP contribution >= 0.6 is 0 Å². The second-order valence-electron chi connectivity index (χ2n) is 3.40. The van der Waals surface area contributed by atoms with Crippen LogP contribution in [0.4, 0.5) is 0 Å². The number of nitrogens with one attached hydrogen (secondary N) is 2. The SMILES string of the molecule is NCCC(=O)N[C@@H](Cc1cc[nH]c1)C(=O)[O-]. The standard InChI is InChI=1S/C10H15N3O3/c11-3-1-9(14)13-8(10(15)16)5-7-2-4-12-6-7/h2,4,6,8,12H,1,3,5,11H2,(H,13,14)(H,15,16)/p-1/t8-/m0/s1. The maximum absolute atomic E-state index is 11.2. The van der Waals surface area contributed by atoms with Gasteiger partial charge in [0.25, 0.3) is 0 Å². The minimum Gasteiger partial charge on any atom is -0.548 e. The van der Waals surface area contributed by atoms with Gasteiger partial charge in [-0.25, -0.2) is 0 Å². The van der Waals surface area contributed by atoms with Crippen molar-refractivity contribution in [3.63, 3.8) is 0 Å². The second kappa shape index (κ2) is 5.92. The highest BCUT2D eigenvalue weighted by Crippen LogP contribution is 2.01. The Balaban J connectivity index is 2.54. The van der Waals surface area contributed by atoms with Crippen LogP contribution in [0.25, 0.3) is 0 Å². The summed E-state index contributed by atoms with van der Waals surface area (Å²) in [6, 6.07) is 0.722. The molecular formula is C10H14N3O3-. The van der Waals surface area contributed by atoms with Crippen LogP contribution < -0.4 is 16.2 Å². The number of nitrogens with two attached hydrogens (primary N) is 1. The van der Waals surface area contributed by atoms with Crippen LogP contribution in [-0.4, -0.2) is 29.4 Å². The van der Waals surface area contributed by atoms with Crippen LogP contribution in [0.2, 0.25) is 0 Å². The number of H-pyrrole nitrogens is 1. The highest BCUT2D eigenvalue weighted by atomic mass is 16.4. The average molecular weight is 224 g/mol. The molecule has 0 bridgehead atoms. The molecule has 0 aliphatic heterocycles. The predicted octanol–water partition coefficient (Wildman–Crippen LogP) is -1.86. The van der Waals surface area contributed by atoms with Crippen molar-refractivity contribution >= 4 is 11.9 Å². The fourth-order valence-corrected chi connectivity index (χ4v) is 1.31. The summed E-state index contributed by atoms with van der Waals surface area (Å²) in [5, 5.41) is 13.2. The predicted molar refractivity (Wildman–Crippen MR) is 55.1 cm³/mol. The van der Waals surface area contributed by atoms with E-state index in [0.29, 0.717) is 0 Å². The third-order valence-electron chi connectivity index (χ3n) is 2.09. The molecule has 0 unspecified atom stereocenters. The lowest BCUT2D eigenvalue weighted by atomic mass is 10.1. The molecule has 0 aliphatic carbocycles. The van der Waals surface area contributed by atoms with Crippen molar-refractivity contribution in [3.05, 3.63) is 24.0 Å². The van der Waals surface area contributed by atoms with E-state index in [9.17, 15) is 14.7 Å². The number of amides is 1. The monoisotopic (exact) mass is 224 g/mol. The lowest BCUT2D eigenvalue weighted by Gasteiger charge is -2.18. The topological polar surface area (TPSA) is 111 Å². The van der Waals surface area contributed by atoms with Gasteiger partial charge < -0.3 is 25.9 Å². The largest absolute Gasteiger partial charge is 0.548 e. The van der Waals surface area contributed by atoms with Crippen LogP contribution in [0.3, 0.4) is 0 Å². The lowest BCUT2D eigenvalue weighted by Crippen LogP contribution is -2.49. The molecule has 4 N–H and O–H groups in total. The molecule has 6 heteroatoms. The first-order valence-corrected chi connectivity index (χ1v) is 4.95. The summed E-state index contributed by atoms with van der Waals surface area (Å²) in [6.45, 7) is 0.190. The molecule has 1 heterocycles. The van der Waals surface area contributed by atoms with E-state index < -0.39 is 12.0 Å². The summed E-state index contributed by atoms with van der Waals surface area (Å²) in [4.78, 5) is 24.8. The molecule has 0 saturated heterocycles. The number of carboxylic acid groups (broad SMARTS) is 1. The van der Waals surface area contributed by atoms with Crippen LogP contribution in [0.5, 0.6) is 0 Å². The number of aliphatic carboxylic acids is 1. The van der Waals surface area contributed by atoms with Crippen molar-refractivity contribution < 1.29 is 14.7 Å². The number of hydrogen-bond donors (Lipinski definition) is 3. The van der Waals surface area contributed by atoms with Crippen molar-refractivity contribution in [2.45, 2.75) is 18.9 Å². The average Bonchev–Trinajstić information content (AvgIpc) is 2.69. The third-order valence-corrected chi connectivity index (χ3v) is 2.09. The van der Waals surface area contributed by atoms with E-state index >= 15 is 0 Å². The van der Waals surface area contributed by atoms with E-state index in [4.69, 9.17) is 5.73 Å². The number of carbonyl (C=O) groups excluding carboxylic acids is 2. The minimum atomic E-state index is -1.30. The molecule has 1 rings (SSSR count). The van der Waals surface area contributed by atoms with Crippen LogP contribution in [0.1, 0.15) is 12.0 Å². The van der Waals surface area contributed by atoms with E-state index in [1.54, 1.807) is 18.5 Å². The van der Waals surface area contributed by atoms with Gasteiger partial charge in [-0.05, 0) is 18.1 Å². The second-order valence-corrected chi connectivity index (χ2v) is 3.40. The van der Waals surface area contributed by atoms with Crippen molar-refractivity contribution in [2.75, 3.05) is 6.54 Å². The Morgan fingerprint density at radius 2 is 2.31 bits per heavy atom. The number of carbonyl (C=O) groups is 2. The molecule has 0 aromatic carbocycles. The van der Waals surface area contributed by atoms with Gasteiger partial charge in [-0.1, -0.05) is 0 Å². The van der Waals surface area contributed by atoms with Gasteiger partial charge >= 0.3 is 0 Å². The van der Waals surface area contributed by atoms with Crippen LogP contribution in [-0.2, 0) is 16.0 Å². The van der Waals surface area contributed by atoms with Crippen molar-refractivity contribution in [1.29, 1.82) is 0 Å². The first-order valence-electron chi connectivity index (χ1n) is 4.95. The highest BCUT2D eigenvalue weighted by Gasteiger charge is 2.13. The molecule has 1 aromatic rings.